The lowest BCUT2D eigenvalue weighted by Crippen LogP contribution is -2.41. The SMILES string of the molecule is CCCOc1ccc(C(=O)N[C@@H]2CC(C)(C)Oc3ccc(OC)cc32)cc1. The molecular weight excluding hydrogens is 342 g/mol. The highest BCUT2D eigenvalue weighted by Crippen LogP contribution is 2.41. The maximum absolute atomic E-state index is 12.8. The summed E-state index contributed by atoms with van der Waals surface area (Å²) in [5.41, 5.74) is 1.18. The summed E-state index contributed by atoms with van der Waals surface area (Å²) >= 11 is 0. The molecule has 0 bridgehead atoms. The Morgan fingerprint density at radius 1 is 1.19 bits per heavy atom. The zero-order valence-corrected chi connectivity index (χ0v) is 16.4. The molecule has 27 heavy (non-hydrogen) atoms. The lowest BCUT2D eigenvalue weighted by molar-refractivity contribution is 0.0618. The molecule has 0 spiro atoms. The van der Waals surface area contributed by atoms with Crippen LogP contribution >= 0.6 is 0 Å². The summed E-state index contributed by atoms with van der Waals surface area (Å²) in [4.78, 5) is 12.8. The average molecular weight is 369 g/mol. The smallest absolute Gasteiger partial charge is 0.251 e. The number of benzene rings is 2. The fourth-order valence-corrected chi connectivity index (χ4v) is 3.25. The first-order chi connectivity index (χ1) is 12.9. The molecule has 5 heteroatoms. The Hall–Kier alpha value is -2.69. The molecule has 2 aromatic carbocycles. The van der Waals surface area contributed by atoms with Crippen LogP contribution in [0.5, 0.6) is 17.2 Å². The molecule has 3 rings (SSSR count). The van der Waals surface area contributed by atoms with Gasteiger partial charge in [0.15, 0.2) is 0 Å². The van der Waals surface area contributed by atoms with Crippen LogP contribution in [0.15, 0.2) is 42.5 Å². The van der Waals surface area contributed by atoms with Gasteiger partial charge in [0.25, 0.3) is 5.91 Å². The zero-order valence-electron chi connectivity index (χ0n) is 16.4. The number of rotatable bonds is 6. The van der Waals surface area contributed by atoms with Crippen LogP contribution in [0.1, 0.15) is 55.6 Å². The van der Waals surface area contributed by atoms with Crippen LogP contribution in [-0.4, -0.2) is 25.2 Å². The summed E-state index contributed by atoms with van der Waals surface area (Å²) in [6, 6.07) is 12.8. The van der Waals surface area contributed by atoms with Crippen molar-refractivity contribution in [3.63, 3.8) is 0 Å². The summed E-state index contributed by atoms with van der Waals surface area (Å²) in [7, 11) is 1.63. The quantitative estimate of drug-likeness (QED) is 0.814. The van der Waals surface area contributed by atoms with Crippen LogP contribution in [0.3, 0.4) is 0 Å². The minimum atomic E-state index is -0.364. The Labute approximate surface area is 160 Å². The van der Waals surface area contributed by atoms with Gasteiger partial charge in [-0.05, 0) is 62.7 Å². The fraction of sp³-hybridized carbons (Fsp3) is 0.409. The van der Waals surface area contributed by atoms with Gasteiger partial charge in [0.2, 0.25) is 0 Å². The zero-order chi connectivity index (χ0) is 19.4. The first-order valence-electron chi connectivity index (χ1n) is 9.32. The molecule has 0 saturated heterocycles. The second kappa shape index (κ2) is 7.91. The van der Waals surface area contributed by atoms with Crippen LogP contribution in [0.4, 0.5) is 0 Å². The summed E-state index contributed by atoms with van der Waals surface area (Å²) in [5, 5.41) is 3.15. The number of fused-ring (bicyclic) bond motifs is 1. The van der Waals surface area contributed by atoms with Gasteiger partial charge in [-0.2, -0.15) is 0 Å². The number of carbonyl (C=O) groups is 1. The van der Waals surface area contributed by atoms with Gasteiger partial charge in [-0.15, -0.1) is 0 Å². The van der Waals surface area contributed by atoms with Gasteiger partial charge in [0.05, 0.1) is 19.8 Å². The van der Waals surface area contributed by atoms with E-state index in [1.54, 1.807) is 19.2 Å². The molecule has 0 aromatic heterocycles. The van der Waals surface area contributed by atoms with Gasteiger partial charge in [-0.3, -0.25) is 4.79 Å². The normalized spacial score (nSPS) is 17.4. The highest BCUT2D eigenvalue weighted by atomic mass is 16.5. The van der Waals surface area contributed by atoms with E-state index in [-0.39, 0.29) is 17.6 Å². The Bertz CT molecular complexity index is 798. The third kappa shape index (κ3) is 4.54. The largest absolute Gasteiger partial charge is 0.497 e. The van der Waals surface area contributed by atoms with E-state index < -0.39 is 0 Å². The Morgan fingerprint density at radius 2 is 1.89 bits per heavy atom. The fourth-order valence-electron chi connectivity index (χ4n) is 3.25. The standard InChI is InChI=1S/C22H27NO4/c1-5-12-26-16-8-6-15(7-9-16)21(24)23-19-14-22(2,3)27-20-11-10-17(25-4)13-18(19)20/h6-11,13,19H,5,12,14H2,1-4H3,(H,23,24)/t19-/m1/s1. The molecule has 0 saturated carbocycles. The van der Waals surface area contributed by atoms with Crippen molar-refractivity contribution in [2.24, 2.45) is 0 Å². The van der Waals surface area contributed by atoms with E-state index in [4.69, 9.17) is 14.2 Å². The summed E-state index contributed by atoms with van der Waals surface area (Å²) in [6.07, 6.45) is 1.63. The van der Waals surface area contributed by atoms with E-state index in [0.29, 0.717) is 18.6 Å². The molecule has 1 N–H and O–H groups in total. The van der Waals surface area contributed by atoms with Gasteiger partial charge >= 0.3 is 0 Å². The highest BCUT2D eigenvalue weighted by molar-refractivity contribution is 5.94. The molecule has 1 aliphatic heterocycles. The minimum Gasteiger partial charge on any atom is -0.497 e. The third-order valence-electron chi connectivity index (χ3n) is 4.57. The summed E-state index contributed by atoms with van der Waals surface area (Å²) in [5.74, 6) is 2.18. The van der Waals surface area contributed by atoms with Crippen molar-refractivity contribution in [2.45, 2.75) is 45.3 Å². The molecule has 1 amide bonds. The lowest BCUT2D eigenvalue weighted by Gasteiger charge is -2.38. The van der Waals surface area contributed by atoms with E-state index in [1.807, 2.05) is 44.2 Å². The van der Waals surface area contributed by atoms with Crippen LogP contribution in [-0.2, 0) is 0 Å². The lowest BCUT2D eigenvalue weighted by atomic mass is 9.89. The Morgan fingerprint density at radius 3 is 2.56 bits per heavy atom. The van der Waals surface area contributed by atoms with Crippen LogP contribution < -0.4 is 19.5 Å². The van der Waals surface area contributed by atoms with Crippen molar-refractivity contribution in [3.05, 3.63) is 53.6 Å². The Balaban J connectivity index is 1.79. The third-order valence-corrected chi connectivity index (χ3v) is 4.57. The van der Waals surface area contributed by atoms with Crippen LogP contribution in [0, 0.1) is 0 Å². The number of methoxy groups -OCH3 is 1. The average Bonchev–Trinajstić information content (AvgIpc) is 2.65. The molecule has 5 nitrogen and oxygen atoms in total. The molecule has 1 heterocycles. The van der Waals surface area contributed by atoms with Crippen molar-refractivity contribution < 1.29 is 19.0 Å². The first kappa shape index (κ1) is 19.1. The molecule has 144 valence electrons. The maximum atomic E-state index is 12.8. The molecule has 0 aliphatic carbocycles. The van der Waals surface area contributed by atoms with Crippen molar-refractivity contribution in [2.75, 3.05) is 13.7 Å². The molecule has 1 atom stereocenters. The number of amides is 1. The van der Waals surface area contributed by atoms with Gasteiger partial charge in [0, 0.05) is 17.5 Å². The van der Waals surface area contributed by atoms with Crippen LogP contribution in [0.25, 0.3) is 0 Å². The first-order valence-corrected chi connectivity index (χ1v) is 9.32. The van der Waals surface area contributed by atoms with Gasteiger partial charge in [-0.1, -0.05) is 6.92 Å². The van der Waals surface area contributed by atoms with Gasteiger partial charge in [-0.25, -0.2) is 0 Å². The minimum absolute atomic E-state index is 0.117. The van der Waals surface area contributed by atoms with E-state index in [9.17, 15) is 4.79 Å². The molecule has 2 aromatic rings. The predicted molar refractivity (Wildman–Crippen MR) is 105 cm³/mol. The molecule has 0 unspecified atom stereocenters. The molecule has 1 aliphatic rings. The van der Waals surface area contributed by atoms with E-state index >= 15 is 0 Å². The monoisotopic (exact) mass is 369 g/mol. The topological polar surface area (TPSA) is 56.8 Å². The van der Waals surface area contributed by atoms with Crippen molar-refractivity contribution in [1.29, 1.82) is 0 Å². The maximum Gasteiger partial charge on any atom is 0.251 e. The summed E-state index contributed by atoms with van der Waals surface area (Å²) in [6.45, 7) is 6.78. The number of hydrogen-bond acceptors (Lipinski definition) is 4. The van der Waals surface area contributed by atoms with Gasteiger partial charge < -0.3 is 19.5 Å². The van der Waals surface area contributed by atoms with E-state index in [2.05, 4.69) is 12.2 Å². The molecule has 0 radical (unpaired) electrons. The number of nitrogens with one attached hydrogen (secondary N) is 1. The van der Waals surface area contributed by atoms with Crippen molar-refractivity contribution >= 4 is 5.91 Å². The van der Waals surface area contributed by atoms with Crippen molar-refractivity contribution in [1.82, 2.24) is 5.32 Å². The molecule has 0 fully saturated rings. The second-order valence-electron chi connectivity index (χ2n) is 7.37. The Kier molecular flexibility index (Phi) is 5.59. The van der Waals surface area contributed by atoms with Crippen LogP contribution in [0.2, 0.25) is 0 Å². The van der Waals surface area contributed by atoms with Gasteiger partial charge in [0.1, 0.15) is 22.8 Å². The summed E-state index contributed by atoms with van der Waals surface area (Å²) < 4.78 is 17.0. The number of hydrogen-bond donors (Lipinski definition) is 1. The predicted octanol–water partition coefficient (Wildman–Crippen LogP) is 4.52. The van der Waals surface area contributed by atoms with E-state index in [0.717, 1.165) is 29.2 Å². The highest BCUT2D eigenvalue weighted by Gasteiger charge is 2.35. The number of ether oxygens (including phenoxy) is 3. The molecular formula is C22H27NO4. The van der Waals surface area contributed by atoms with E-state index in [1.165, 1.54) is 0 Å². The van der Waals surface area contributed by atoms with Crippen molar-refractivity contribution in [3.8, 4) is 17.2 Å². The number of carbonyl (C=O) groups excluding carboxylic acids is 1. The second-order valence-corrected chi connectivity index (χ2v) is 7.37.